The fourth-order valence-electron chi connectivity index (χ4n) is 1.96. The van der Waals surface area contributed by atoms with E-state index in [4.69, 9.17) is 10.00 Å². The molecular weight excluding hydrogens is 204 g/mol. The third-order valence-corrected chi connectivity index (χ3v) is 2.95. The van der Waals surface area contributed by atoms with Gasteiger partial charge in [0.15, 0.2) is 5.69 Å². The molecule has 5 nitrogen and oxygen atoms in total. The summed E-state index contributed by atoms with van der Waals surface area (Å²) < 4.78 is 5.51. The van der Waals surface area contributed by atoms with Crippen molar-refractivity contribution in [3.63, 3.8) is 0 Å². The van der Waals surface area contributed by atoms with Crippen molar-refractivity contribution in [3.8, 4) is 6.07 Å². The first-order valence-corrected chi connectivity index (χ1v) is 5.29. The van der Waals surface area contributed by atoms with Gasteiger partial charge in [-0.1, -0.05) is 0 Å². The molecule has 0 N–H and O–H groups in total. The van der Waals surface area contributed by atoms with E-state index in [0.29, 0.717) is 11.7 Å². The van der Waals surface area contributed by atoms with Crippen molar-refractivity contribution in [1.82, 2.24) is 9.97 Å². The number of hydrogen-bond acceptors (Lipinski definition) is 5. The molecule has 1 saturated heterocycles. The summed E-state index contributed by atoms with van der Waals surface area (Å²) in [4.78, 5) is 10.3. The molecule has 84 valence electrons. The highest BCUT2D eigenvalue weighted by atomic mass is 16.5. The largest absolute Gasteiger partial charge is 0.376 e. The van der Waals surface area contributed by atoms with Crippen molar-refractivity contribution < 1.29 is 4.74 Å². The summed E-state index contributed by atoms with van der Waals surface area (Å²) in [6, 6.07) is 2.29. The summed E-state index contributed by atoms with van der Waals surface area (Å²) in [5, 5.41) is 8.63. The van der Waals surface area contributed by atoms with Gasteiger partial charge in [-0.3, -0.25) is 0 Å². The highest BCUT2D eigenvalue weighted by Gasteiger charge is 2.28. The molecular formula is C11H14N4O. The van der Waals surface area contributed by atoms with E-state index in [-0.39, 0.29) is 6.10 Å². The van der Waals surface area contributed by atoms with Crippen LogP contribution in [0, 0.1) is 11.3 Å². The second-order valence-electron chi connectivity index (χ2n) is 3.91. The normalized spacial score (nSPS) is 24.1. The first kappa shape index (κ1) is 10.8. The van der Waals surface area contributed by atoms with Crippen LogP contribution in [-0.2, 0) is 4.74 Å². The van der Waals surface area contributed by atoms with Crippen molar-refractivity contribution >= 4 is 5.82 Å². The molecule has 0 bridgehead atoms. The third-order valence-electron chi connectivity index (χ3n) is 2.95. The first-order valence-electron chi connectivity index (χ1n) is 5.29. The van der Waals surface area contributed by atoms with E-state index in [1.165, 1.54) is 6.20 Å². The van der Waals surface area contributed by atoms with Gasteiger partial charge in [0.25, 0.3) is 0 Å². The quantitative estimate of drug-likeness (QED) is 0.740. The molecule has 2 heterocycles. The van der Waals surface area contributed by atoms with Crippen LogP contribution in [0.5, 0.6) is 0 Å². The lowest BCUT2D eigenvalue weighted by Gasteiger charge is -2.27. The van der Waals surface area contributed by atoms with Gasteiger partial charge >= 0.3 is 0 Å². The number of aromatic nitrogens is 2. The molecule has 1 aliphatic heterocycles. The summed E-state index contributed by atoms with van der Waals surface area (Å²) in [6.45, 7) is 2.85. The van der Waals surface area contributed by atoms with Gasteiger partial charge in [0, 0.05) is 13.7 Å². The van der Waals surface area contributed by atoms with Gasteiger partial charge in [-0.05, 0) is 13.3 Å². The Balaban J connectivity index is 2.14. The zero-order valence-electron chi connectivity index (χ0n) is 9.42. The second kappa shape index (κ2) is 4.45. The zero-order valence-corrected chi connectivity index (χ0v) is 9.42. The van der Waals surface area contributed by atoms with E-state index in [0.717, 1.165) is 18.8 Å². The lowest BCUT2D eigenvalue weighted by atomic mass is 10.1. The van der Waals surface area contributed by atoms with Crippen LogP contribution in [0.3, 0.4) is 0 Å². The van der Waals surface area contributed by atoms with Gasteiger partial charge in [-0.15, -0.1) is 0 Å². The number of nitrogens with zero attached hydrogens (tertiary/aromatic N) is 4. The average Bonchev–Trinajstić information content (AvgIpc) is 2.75. The minimum atomic E-state index is 0.211. The Labute approximate surface area is 94.7 Å². The van der Waals surface area contributed by atoms with Crippen molar-refractivity contribution in [2.75, 3.05) is 18.6 Å². The Morgan fingerprint density at radius 3 is 2.81 bits per heavy atom. The SMILES string of the molecule is CC1OCCC1N(C)c1cnc(C#N)cn1. The van der Waals surface area contributed by atoms with Crippen molar-refractivity contribution in [3.05, 3.63) is 18.1 Å². The van der Waals surface area contributed by atoms with E-state index < -0.39 is 0 Å². The van der Waals surface area contributed by atoms with Crippen molar-refractivity contribution in [2.45, 2.75) is 25.5 Å². The number of rotatable bonds is 2. The maximum absolute atomic E-state index is 8.63. The number of hydrogen-bond donors (Lipinski definition) is 0. The zero-order chi connectivity index (χ0) is 11.5. The number of nitriles is 1. The minimum Gasteiger partial charge on any atom is -0.376 e. The van der Waals surface area contributed by atoms with Crippen LogP contribution in [0.2, 0.25) is 0 Å². The van der Waals surface area contributed by atoms with E-state index >= 15 is 0 Å². The molecule has 2 unspecified atom stereocenters. The standard InChI is InChI=1S/C11H14N4O/c1-8-10(3-4-16-8)15(2)11-7-13-9(5-12)6-14-11/h6-8,10H,3-4H2,1-2H3. The van der Waals surface area contributed by atoms with Gasteiger partial charge in [0.2, 0.25) is 0 Å². The molecule has 0 aromatic carbocycles. The molecule has 1 aliphatic rings. The predicted octanol–water partition coefficient (Wildman–Crippen LogP) is 0.962. The van der Waals surface area contributed by atoms with Gasteiger partial charge in [-0.2, -0.15) is 5.26 Å². The van der Waals surface area contributed by atoms with Crippen molar-refractivity contribution in [2.24, 2.45) is 0 Å². The molecule has 2 atom stereocenters. The van der Waals surface area contributed by atoms with Crippen LogP contribution in [0.1, 0.15) is 19.0 Å². The molecule has 2 rings (SSSR count). The summed E-state index contributed by atoms with van der Waals surface area (Å²) >= 11 is 0. The summed E-state index contributed by atoms with van der Waals surface area (Å²) in [6.07, 6.45) is 4.33. The molecule has 1 aromatic heterocycles. The Morgan fingerprint density at radius 1 is 1.50 bits per heavy atom. The molecule has 1 fully saturated rings. The minimum absolute atomic E-state index is 0.211. The second-order valence-corrected chi connectivity index (χ2v) is 3.91. The Morgan fingerprint density at radius 2 is 2.31 bits per heavy atom. The third kappa shape index (κ3) is 1.97. The first-order chi connectivity index (χ1) is 7.72. The van der Waals surface area contributed by atoms with E-state index in [1.807, 2.05) is 13.1 Å². The van der Waals surface area contributed by atoms with Crippen LogP contribution >= 0.6 is 0 Å². The summed E-state index contributed by atoms with van der Waals surface area (Å²) in [5.41, 5.74) is 0.341. The Bertz CT molecular complexity index is 397. The van der Waals surface area contributed by atoms with Gasteiger partial charge in [0.05, 0.1) is 24.5 Å². The monoisotopic (exact) mass is 218 g/mol. The van der Waals surface area contributed by atoms with Crippen LogP contribution < -0.4 is 4.90 Å². The topological polar surface area (TPSA) is 62.0 Å². The molecule has 1 aromatic rings. The fourth-order valence-corrected chi connectivity index (χ4v) is 1.96. The smallest absolute Gasteiger partial charge is 0.158 e. The molecule has 0 amide bonds. The highest BCUT2D eigenvalue weighted by Crippen LogP contribution is 2.21. The number of anilines is 1. The van der Waals surface area contributed by atoms with Crippen LogP contribution in [-0.4, -0.2) is 35.8 Å². The fraction of sp³-hybridized carbons (Fsp3) is 0.545. The van der Waals surface area contributed by atoms with E-state index in [1.54, 1.807) is 6.20 Å². The van der Waals surface area contributed by atoms with Gasteiger partial charge in [-0.25, -0.2) is 9.97 Å². The maximum Gasteiger partial charge on any atom is 0.158 e. The molecule has 0 saturated carbocycles. The molecule has 0 spiro atoms. The summed E-state index contributed by atoms with van der Waals surface area (Å²) in [5.74, 6) is 0.779. The van der Waals surface area contributed by atoms with Gasteiger partial charge < -0.3 is 9.64 Å². The average molecular weight is 218 g/mol. The molecule has 5 heteroatoms. The summed E-state index contributed by atoms with van der Waals surface area (Å²) in [7, 11) is 1.98. The van der Waals surface area contributed by atoms with E-state index in [2.05, 4.69) is 21.8 Å². The highest BCUT2D eigenvalue weighted by molar-refractivity contribution is 5.38. The number of likely N-dealkylation sites (N-methyl/N-ethyl adjacent to an activating group) is 1. The maximum atomic E-state index is 8.63. The predicted molar refractivity (Wildman–Crippen MR) is 59.0 cm³/mol. The van der Waals surface area contributed by atoms with Crippen molar-refractivity contribution in [1.29, 1.82) is 5.26 Å². The lowest BCUT2D eigenvalue weighted by molar-refractivity contribution is 0.118. The van der Waals surface area contributed by atoms with Crippen LogP contribution in [0.15, 0.2) is 12.4 Å². The molecule has 16 heavy (non-hydrogen) atoms. The van der Waals surface area contributed by atoms with Crippen LogP contribution in [0.25, 0.3) is 0 Å². The van der Waals surface area contributed by atoms with Crippen LogP contribution in [0.4, 0.5) is 5.82 Å². The van der Waals surface area contributed by atoms with E-state index in [9.17, 15) is 0 Å². The molecule has 0 aliphatic carbocycles. The lowest BCUT2D eigenvalue weighted by Crippen LogP contribution is -2.37. The Hall–Kier alpha value is -1.67. The molecule has 0 radical (unpaired) electrons. The van der Waals surface area contributed by atoms with Gasteiger partial charge in [0.1, 0.15) is 11.9 Å². The number of ether oxygens (including phenoxy) is 1. The Kier molecular flexibility index (Phi) is 3.02.